The van der Waals surface area contributed by atoms with E-state index in [9.17, 15) is 14.0 Å². The molecule has 2 aromatic carbocycles. The first-order valence-electron chi connectivity index (χ1n) is 9.90. The first-order valence-corrected chi connectivity index (χ1v) is 11.2. The predicted octanol–water partition coefficient (Wildman–Crippen LogP) is 4.87. The van der Waals surface area contributed by atoms with Crippen molar-refractivity contribution in [2.45, 2.75) is 25.0 Å². The Kier molecular flexibility index (Phi) is 7.98. The number of nitrogens with one attached hydrogen (secondary N) is 1. The summed E-state index contributed by atoms with van der Waals surface area (Å²) in [5, 5.41) is 2.56. The van der Waals surface area contributed by atoms with E-state index in [0.29, 0.717) is 34.6 Å². The van der Waals surface area contributed by atoms with Crippen molar-refractivity contribution in [3.63, 3.8) is 0 Å². The van der Waals surface area contributed by atoms with Crippen LogP contribution in [0.25, 0.3) is 0 Å². The highest BCUT2D eigenvalue weighted by Gasteiger charge is 2.38. The van der Waals surface area contributed by atoms with Crippen molar-refractivity contribution < 1.29 is 23.5 Å². The molecule has 0 aliphatic carbocycles. The summed E-state index contributed by atoms with van der Waals surface area (Å²) in [5.41, 5.74) is 0.881. The van der Waals surface area contributed by atoms with Gasteiger partial charge in [0.25, 0.3) is 0 Å². The molecule has 32 heavy (non-hydrogen) atoms. The Morgan fingerprint density at radius 1 is 1.25 bits per heavy atom. The molecule has 10 heteroatoms. The Hall–Kier alpha value is -2.78. The predicted molar refractivity (Wildman–Crippen MR) is 125 cm³/mol. The molecule has 7 nitrogen and oxygen atoms in total. The van der Waals surface area contributed by atoms with Crippen LogP contribution < -0.4 is 14.8 Å². The molecule has 1 aliphatic rings. The average Bonchev–Trinajstić information content (AvgIpc) is 3.05. The zero-order valence-electron chi connectivity index (χ0n) is 17.9. The number of amidine groups is 1. The zero-order valence-corrected chi connectivity index (χ0v) is 19.4. The molecule has 3 rings (SSSR count). The Morgan fingerprint density at radius 3 is 2.69 bits per heavy atom. The van der Waals surface area contributed by atoms with Crippen molar-refractivity contribution in [2.24, 2.45) is 4.99 Å². The van der Waals surface area contributed by atoms with E-state index < -0.39 is 11.1 Å². The van der Waals surface area contributed by atoms with Crippen LogP contribution in [0.15, 0.2) is 41.4 Å². The topological polar surface area (TPSA) is 80.2 Å². The Morgan fingerprint density at radius 2 is 2.03 bits per heavy atom. The molecule has 0 radical (unpaired) electrons. The third-order valence-electron chi connectivity index (χ3n) is 4.65. The Balaban J connectivity index is 1.77. The minimum Gasteiger partial charge on any atom is -0.497 e. The number of thioether (sulfide) groups is 1. The Labute approximate surface area is 194 Å². The maximum absolute atomic E-state index is 13.4. The molecule has 1 saturated heterocycles. The number of ether oxygens (including phenoxy) is 2. The average molecular weight is 480 g/mol. The summed E-state index contributed by atoms with van der Waals surface area (Å²) in [6.45, 7) is 2.40. The molecule has 0 unspecified atom stereocenters. The number of nitrogens with zero attached hydrogens (tertiary/aromatic N) is 2. The maximum atomic E-state index is 13.4. The third-order valence-corrected chi connectivity index (χ3v) is 6.11. The van der Waals surface area contributed by atoms with Crippen molar-refractivity contribution in [3.05, 3.63) is 47.2 Å². The molecule has 1 heterocycles. The maximum Gasteiger partial charge on any atom is 0.242 e. The number of hydrogen-bond acceptors (Lipinski definition) is 6. The van der Waals surface area contributed by atoms with Gasteiger partial charge in [-0.2, -0.15) is 0 Å². The van der Waals surface area contributed by atoms with Crippen LogP contribution in [-0.4, -0.2) is 47.9 Å². The van der Waals surface area contributed by atoms with Gasteiger partial charge in [0.1, 0.15) is 22.6 Å². The minimum atomic E-state index is -0.632. The van der Waals surface area contributed by atoms with E-state index in [2.05, 4.69) is 10.3 Å². The van der Waals surface area contributed by atoms with Crippen LogP contribution in [0.3, 0.4) is 0 Å². The summed E-state index contributed by atoms with van der Waals surface area (Å²) in [7, 11) is 3.03. The van der Waals surface area contributed by atoms with Crippen LogP contribution in [0.2, 0.25) is 5.02 Å². The van der Waals surface area contributed by atoms with Crippen molar-refractivity contribution in [2.75, 3.05) is 26.1 Å². The second-order valence-electron chi connectivity index (χ2n) is 6.91. The number of rotatable bonds is 8. The fraction of sp³-hybridized carbons (Fsp3) is 0.318. The lowest BCUT2D eigenvalue weighted by Gasteiger charge is -2.15. The number of carbonyl (C=O) groups is 2. The van der Waals surface area contributed by atoms with Gasteiger partial charge in [-0.1, -0.05) is 30.3 Å². The van der Waals surface area contributed by atoms with Gasteiger partial charge in [0.05, 0.1) is 30.6 Å². The van der Waals surface area contributed by atoms with Gasteiger partial charge in [-0.3, -0.25) is 14.5 Å². The van der Waals surface area contributed by atoms with Crippen molar-refractivity contribution in [3.8, 4) is 11.5 Å². The van der Waals surface area contributed by atoms with E-state index in [1.165, 1.54) is 44.2 Å². The summed E-state index contributed by atoms with van der Waals surface area (Å²) in [5.74, 6) is -0.0401. The highest BCUT2D eigenvalue weighted by atomic mass is 35.5. The van der Waals surface area contributed by atoms with E-state index >= 15 is 0 Å². The molecule has 2 amide bonds. The lowest BCUT2D eigenvalue weighted by Crippen LogP contribution is -2.34. The van der Waals surface area contributed by atoms with Crippen LogP contribution in [-0.2, 0) is 9.59 Å². The van der Waals surface area contributed by atoms with Gasteiger partial charge < -0.3 is 14.8 Å². The van der Waals surface area contributed by atoms with Crippen molar-refractivity contribution >= 4 is 51.7 Å². The van der Waals surface area contributed by atoms with E-state index in [-0.39, 0.29) is 23.3 Å². The van der Waals surface area contributed by atoms with Crippen LogP contribution >= 0.6 is 23.4 Å². The minimum absolute atomic E-state index is 0.0483. The van der Waals surface area contributed by atoms with Crippen LogP contribution in [0.1, 0.15) is 19.8 Å². The van der Waals surface area contributed by atoms with Crippen LogP contribution in [0.4, 0.5) is 15.8 Å². The summed E-state index contributed by atoms with van der Waals surface area (Å²) < 4.78 is 23.9. The van der Waals surface area contributed by atoms with Gasteiger partial charge >= 0.3 is 0 Å². The highest BCUT2D eigenvalue weighted by molar-refractivity contribution is 8.15. The molecule has 1 atom stereocenters. The number of amides is 2. The number of anilines is 1. The van der Waals surface area contributed by atoms with E-state index in [0.717, 1.165) is 6.42 Å². The lowest BCUT2D eigenvalue weighted by atomic mass is 10.2. The second kappa shape index (κ2) is 10.7. The molecule has 0 bridgehead atoms. The largest absolute Gasteiger partial charge is 0.497 e. The van der Waals surface area contributed by atoms with Crippen molar-refractivity contribution in [1.29, 1.82) is 0 Å². The van der Waals surface area contributed by atoms with Gasteiger partial charge in [0.2, 0.25) is 11.8 Å². The number of hydrogen-bond donors (Lipinski definition) is 1. The highest BCUT2D eigenvalue weighted by Crippen LogP contribution is 2.34. The monoisotopic (exact) mass is 479 g/mol. The number of halogens is 2. The molecule has 2 aromatic rings. The number of benzene rings is 2. The van der Waals surface area contributed by atoms with E-state index in [1.54, 1.807) is 23.1 Å². The zero-order chi connectivity index (χ0) is 23.3. The lowest BCUT2D eigenvalue weighted by molar-refractivity contribution is -0.128. The van der Waals surface area contributed by atoms with Crippen LogP contribution in [0, 0.1) is 5.82 Å². The fourth-order valence-corrected chi connectivity index (χ4v) is 4.46. The smallest absolute Gasteiger partial charge is 0.242 e. The molecule has 1 N–H and O–H groups in total. The van der Waals surface area contributed by atoms with E-state index in [4.69, 9.17) is 21.1 Å². The fourth-order valence-electron chi connectivity index (χ4n) is 3.10. The SMILES string of the molecule is CCCN1C(=O)[C@@H](CC(=O)Nc2cc(OC)ccc2OC)SC1=Nc1ccc(F)c(Cl)c1. The van der Waals surface area contributed by atoms with Gasteiger partial charge in [-0.05, 0) is 36.8 Å². The molecule has 1 aliphatic heterocycles. The first kappa shape index (κ1) is 23.9. The Bertz CT molecular complexity index is 1050. The summed E-state index contributed by atoms with van der Waals surface area (Å²) in [4.78, 5) is 31.7. The quantitative estimate of drug-likeness (QED) is 0.584. The molecule has 0 aromatic heterocycles. The standard InChI is InChI=1S/C22H23ClFN3O4S/c1-4-9-27-21(29)19(32-22(27)25-13-5-7-16(24)15(23)10-13)12-20(28)26-17-11-14(30-2)6-8-18(17)31-3/h5-8,10-11,19H,4,9,12H2,1-3H3,(H,26,28)/t19-/m1/s1. The number of methoxy groups -OCH3 is 2. The number of carbonyl (C=O) groups excluding carboxylic acids is 2. The van der Waals surface area contributed by atoms with Crippen LogP contribution in [0.5, 0.6) is 11.5 Å². The summed E-state index contributed by atoms with van der Waals surface area (Å²) in [6.07, 6.45) is 0.669. The molecular formula is C22H23ClFN3O4S. The molecule has 0 saturated carbocycles. The van der Waals surface area contributed by atoms with Gasteiger partial charge in [0.15, 0.2) is 5.17 Å². The van der Waals surface area contributed by atoms with Gasteiger partial charge in [-0.15, -0.1) is 0 Å². The summed E-state index contributed by atoms with van der Waals surface area (Å²) in [6, 6.07) is 9.16. The molecule has 170 valence electrons. The molecule has 1 fully saturated rings. The normalized spacial score (nSPS) is 17.0. The molecular weight excluding hydrogens is 457 g/mol. The summed E-state index contributed by atoms with van der Waals surface area (Å²) >= 11 is 7.04. The number of aliphatic imine (C=N–C) groups is 1. The van der Waals surface area contributed by atoms with Gasteiger partial charge in [-0.25, -0.2) is 9.38 Å². The third kappa shape index (κ3) is 5.52. The molecule has 0 spiro atoms. The van der Waals surface area contributed by atoms with E-state index in [1.807, 2.05) is 6.92 Å². The second-order valence-corrected chi connectivity index (χ2v) is 8.48. The van der Waals surface area contributed by atoms with Gasteiger partial charge in [0, 0.05) is 19.0 Å². The van der Waals surface area contributed by atoms with Crippen molar-refractivity contribution in [1.82, 2.24) is 4.90 Å². The first-order chi connectivity index (χ1) is 15.4.